The van der Waals surface area contributed by atoms with Crippen molar-refractivity contribution < 1.29 is 4.74 Å². The van der Waals surface area contributed by atoms with Crippen molar-refractivity contribution in [1.82, 2.24) is 10.2 Å². The first-order valence-electron chi connectivity index (χ1n) is 7.52. The Morgan fingerprint density at radius 2 is 2.06 bits per heavy atom. The molecule has 1 aliphatic carbocycles. The van der Waals surface area contributed by atoms with Crippen LogP contribution in [0.15, 0.2) is 0 Å². The van der Waals surface area contributed by atoms with Gasteiger partial charge >= 0.3 is 0 Å². The van der Waals surface area contributed by atoms with Crippen LogP contribution in [0.3, 0.4) is 0 Å². The largest absolute Gasteiger partial charge is 0.383 e. The Balaban J connectivity index is 2.59. The highest BCUT2D eigenvalue weighted by Crippen LogP contribution is 2.32. The summed E-state index contributed by atoms with van der Waals surface area (Å²) in [5.41, 5.74) is 0. The molecule has 108 valence electrons. The second-order valence-corrected chi connectivity index (χ2v) is 6.02. The first-order valence-corrected chi connectivity index (χ1v) is 7.52. The van der Waals surface area contributed by atoms with Crippen LogP contribution in [-0.2, 0) is 4.74 Å². The quantitative estimate of drug-likeness (QED) is 0.757. The molecule has 1 rings (SSSR count). The summed E-state index contributed by atoms with van der Waals surface area (Å²) in [5.74, 6) is 1.70. The molecule has 0 aromatic heterocycles. The van der Waals surface area contributed by atoms with Gasteiger partial charge in [-0.2, -0.15) is 0 Å². The monoisotopic (exact) mass is 256 g/mol. The maximum Gasteiger partial charge on any atom is 0.0589 e. The molecule has 1 saturated carbocycles. The van der Waals surface area contributed by atoms with E-state index in [4.69, 9.17) is 4.74 Å². The maximum absolute atomic E-state index is 5.21. The Morgan fingerprint density at radius 1 is 1.33 bits per heavy atom. The van der Waals surface area contributed by atoms with Crippen LogP contribution >= 0.6 is 0 Å². The zero-order valence-electron chi connectivity index (χ0n) is 12.9. The molecular formula is C15H32N2O. The molecule has 3 unspecified atom stereocenters. The van der Waals surface area contributed by atoms with Gasteiger partial charge in [-0.1, -0.05) is 20.8 Å². The van der Waals surface area contributed by atoms with Gasteiger partial charge in [0.25, 0.3) is 0 Å². The SMILES string of the molecule is CCNC1CCC(C(C)C)CC1N(C)CCOC. The number of ether oxygens (including phenoxy) is 1. The molecular weight excluding hydrogens is 224 g/mol. The van der Waals surface area contributed by atoms with Crippen molar-refractivity contribution in [3.63, 3.8) is 0 Å². The minimum atomic E-state index is 0.659. The van der Waals surface area contributed by atoms with E-state index >= 15 is 0 Å². The van der Waals surface area contributed by atoms with Crippen LogP contribution in [0.2, 0.25) is 0 Å². The standard InChI is InChI=1S/C15H32N2O/c1-6-16-14-8-7-13(12(2)3)11-15(14)17(4)9-10-18-5/h12-16H,6-11H2,1-5H3. The molecule has 0 spiro atoms. The van der Waals surface area contributed by atoms with Crippen molar-refractivity contribution in [2.24, 2.45) is 11.8 Å². The van der Waals surface area contributed by atoms with E-state index < -0.39 is 0 Å². The van der Waals surface area contributed by atoms with Gasteiger partial charge in [0.1, 0.15) is 0 Å². The number of hydrogen-bond acceptors (Lipinski definition) is 3. The van der Waals surface area contributed by atoms with E-state index in [1.165, 1.54) is 19.3 Å². The topological polar surface area (TPSA) is 24.5 Å². The summed E-state index contributed by atoms with van der Waals surface area (Å²) < 4.78 is 5.21. The van der Waals surface area contributed by atoms with Crippen LogP contribution in [0.1, 0.15) is 40.0 Å². The molecule has 0 amide bonds. The molecule has 1 N–H and O–H groups in total. The molecule has 1 aliphatic rings. The van der Waals surface area contributed by atoms with Crippen molar-refractivity contribution in [3.8, 4) is 0 Å². The lowest BCUT2D eigenvalue weighted by Crippen LogP contribution is -2.53. The Bertz CT molecular complexity index is 221. The van der Waals surface area contributed by atoms with Gasteiger partial charge in [0, 0.05) is 25.7 Å². The smallest absolute Gasteiger partial charge is 0.0589 e. The lowest BCUT2D eigenvalue weighted by Gasteiger charge is -2.42. The predicted molar refractivity (Wildman–Crippen MR) is 77.9 cm³/mol. The molecule has 0 saturated heterocycles. The highest BCUT2D eigenvalue weighted by atomic mass is 16.5. The van der Waals surface area contributed by atoms with E-state index in [0.717, 1.165) is 31.5 Å². The number of hydrogen-bond donors (Lipinski definition) is 1. The van der Waals surface area contributed by atoms with Gasteiger partial charge in [0.05, 0.1) is 6.61 Å². The van der Waals surface area contributed by atoms with Crippen LogP contribution in [0.4, 0.5) is 0 Å². The fraction of sp³-hybridized carbons (Fsp3) is 1.00. The maximum atomic E-state index is 5.21. The summed E-state index contributed by atoms with van der Waals surface area (Å²) in [4.78, 5) is 2.49. The summed E-state index contributed by atoms with van der Waals surface area (Å²) in [5, 5.41) is 3.67. The zero-order chi connectivity index (χ0) is 13.5. The summed E-state index contributed by atoms with van der Waals surface area (Å²) in [6.07, 6.45) is 4.03. The average molecular weight is 256 g/mol. The Kier molecular flexibility index (Phi) is 7.20. The summed E-state index contributed by atoms with van der Waals surface area (Å²) >= 11 is 0. The van der Waals surface area contributed by atoms with Gasteiger partial charge in [-0.25, -0.2) is 0 Å². The van der Waals surface area contributed by atoms with Crippen molar-refractivity contribution >= 4 is 0 Å². The molecule has 18 heavy (non-hydrogen) atoms. The third kappa shape index (κ3) is 4.52. The van der Waals surface area contributed by atoms with E-state index in [1.54, 1.807) is 7.11 Å². The van der Waals surface area contributed by atoms with Crippen LogP contribution in [0.5, 0.6) is 0 Å². The van der Waals surface area contributed by atoms with E-state index in [2.05, 4.69) is 38.0 Å². The highest BCUT2D eigenvalue weighted by molar-refractivity contribution is 4.90. The van der Waals surface area contributed by atoms with Gasteiger partial charge in [0.15, 0.2) is 0 Å². The van der Waals surface area contributed by atoms with Crippen molar-refractivity contribution in [2.75, 3.05) is 33.9 Å². The van der Waals surface area contributed by atoms with Gasteiger partial charge < -0.3 is 10.1 Å². The van der Waals surface area contributed by atoms with Crippen LogP contribution in [-0.4, -0.2) is 50.8 Å². The lowest BCUT2D eigenvalue weighted by atomic mass is 9.76. The van der Waals surface area contributed by atoms with E-state index in [0.29, 0.717) is 12.1 Å². The Morgan fingerprint density at radius 3 is 2.61 bits per heavy atom. The summed E-state index contributed by atoms with van der Waals surface area (Å²) in [6, 6.07) is 1.33. The van der Waals surface area contributed by atoms with Crippen LogP contribution < -0.4 is 5.32 Å². The molecule has 0 radical (unpaired) electrons. The number of nitrogens with zero attached hydrogens (tertiary/aromatic N) is 1. The minimum absolute atomic E-state index is 0.659. The number of methoxy groups -OCH3 is 1. The first-order chi connectivity index (χ1) is 8.60. The molecule has 0 aromatic carbocycles. The Labute approximate surface area is 113 Å². The van der Waals surface area contributed by atoms with Crippen molar-refractivity contribution in [1.29, 1.82) is 0 Å². The first kappa shape index (κ1) is 15.9. The van der Waals surface area contributed by atoms with E-state index in [-0.39, 0.29) is 0 Å². The van der Waals surface area contributed by atoms with Gasteiger partial charge in [-0.3, -0.25) is 4.90 Å². The number of rotatable bonds is 7. The summed E-state index contributed by atoms with van der Waals surface area (Å²) in [7, 11) is 4.03. The third-order valence-electron chi connectivity index (χ3n) is 4.48. The second kappa shape index (κ2) is 8.13. The van der Waals surface area contributed by atoms with Crippen LogP contribution in [0.25, 0.3) is 0 Å². The highest BCUT2D eigenvalue weighted by Gasteiger charge is 2.33. The van der Waals surface area contributed by atoms with Crippen molar-refractivity contribution in [3.05, 3.63) is 0 Å². The lowest BCUT2D eigenvalue weighted by molar-refractivity contribution is 0.0776. The van der Waals surface area contributed by atoms with Crippen molar-refractivity contribution in [2.45, 2.75) is 52.1 Å². The fourth-order valence-corrected chi connectivity index (χ4v) is 3.17. The van der Waals surface area contributed by atoms with Gasteiger partial charge in [-0.15, -0.1) is 0 Å². The number of nitrogens with one attached hydrogen (secondary N) is 1. The number of likely N-dealkylation sites (N-methyl/N-ethyl adjacent to an activating group) is 2. The van der Waals surface area contributed by atoms with Crippen LogP contribution in [0, 0.1) is 11.8 Å². The molecule has 0 aliphatic heterocycles. The molecule has 3 heteroatoms. The predicted octanol–water partition coefficient (Wildman–Crippen LogP) is 2.37. The molecule has 3 atom stereocenters. The molecule has 3 nitrogen and oxygen atoms in total. The molecule has 0 bridgehead atoms. The van der Waals surface area contributed by atoms with E-state index in [1.807, 2.05) is 0 Å². The fourth-order valence-electron chi connectivity index (χ4n) is 3.17. The van der Waals surface area contributed by atoms with Gasteiger partial charge in [-0.05, 0) is 44.7 Å². The average Bonchev–Trinajstić information content (AvgIpc) is 2.36. The molecule has 0 aromatic rings. The minimum Gasteiger partial charge on any atom is -0.383 e. The van der Waals surface area contributed by atoms with E-state index in [9.17, 15) is 0 Å². The normalized spacial score (nSPS) is 29.2. The van der Waals surface area contributed by atoms with Gasteiger partial charge in [0.2, 0.25) is 0 Å². The molecule has 0 heterocycles. The molecule has 1 fully saturated rings. The summed E-state index contributed by atoms with van der Waals surface area (Å²) in [6.45, 7) is 9.88. The third-order valence-corrected chi connectivity index (χ3v) is 4.48. The Hall–Kier alpha value is -0.120. The zero-order valence-corrected chi connectivity index (χ0v) is 12.9. The second-order valence-electron chi connectivity index (χ2n) is 6.02.